The standard InChI is InChI=1S/C15H17NO3/c17-13(11-9-12(11)14(18)19)16-15(7-4-8-15)10-5-2-1-3-6-10/h1-3,5-6,11-12H,4,7-9H2,(H,16,17)(H,18,19)/t11-,12-/m0/s1. The van der Waals surface area contributed by atoms with Crippen molar-refractivity contribution in [2.24, 2.45) is 11.8 Å². The zero-order chi connectivity index (χ0) is 13.5. The molecule has 2 aliphatic carbocycles. The van der Waals surface area contributed by atoms with Gasteiger partial charge < -0.3 is 10.4 Å². The van der Waals surface area contributed by atoms with E-state index >= 15 is 0 Å². The fraction of sp³-hybridized carbons (Fsp3) is 0.467. The highest BCUT2D eigenvalue weighted by molar-refractivity contribution is 5.90. The van der Waals surface area contributed by atoms with Crippen LogP contribution in [0.1, 0.15) is 31.2 Å². The first-order valence-corrected chi connectivity index (χ1v) is 6.73. The molecule has 2 aliphatic rings. The van der Waals surface area contributed by atoms with E-state index in [0.29, 0.717) is 6.42 Å². The zero-order valence-electron chi connectivity index (χ0n) is 10.6. The van der Waals surface area contributed by atoms with Crippen LogP contribution in [0.3, 0.4) is 0 Å². The molecule has 1 amide bonds. The number of rotatable bonds is 4. The average Bonchev–Trinajstić information content (AvgIpc) is 3.15. The lowest BCUT2D eigenvalue weighted by Crippen LogP contribution is -2.51. The second-order valence-corrected chi connectivity index (χ2v) is 5.58. The molecule has 2 atom stereocenters. The SMILES string of the molecule is O=C(O)[C@H]1C[C@@H]1C(=O)NC1(c2ccccc2)CCC1. The van der Waals surface area contributed by atoms with Gasteiger partial charge in [-0.15, -0.1) is 0 Å². The average molecular weight is 259 g/mol. The quantitative estimate of drug-likeness (QED) is 0.868. The van der Waals surface area contributed by atoms with Crippen molar-refractivity contribution in [3.63, 3.8) is 0 Å². The minimum absolute atomic E-state index is 0.101. The Morgan fingerprint density at radius 3 is 2.32 bits per heavy atom. The number of benzene rings is 1. The molecule has 0 heterocycles. The number of amides is 1. The third kappa shape index (κ3) is 2.11. The van der Waals surface area contributed by atoms with Crippen molar-refractivity contribution in [2.45, 2.75) is 31.2 Å². The van der Waals surface area contributed by atoms with Gasteiger partial charge in [0.15, 0.2) is 0 Å². The van der Waals surface area contributed by atoms with Gasteiger partial charge in [-0.2, -0.15) is 0 Å². The molecule has 1 aromatic rings. The van der Waals surface area contributed by atoms with Gasteiger partial charge in [0.05, 0.1) is 17.4 Å². The maximum atomic E-state index is 12.1. The number of aliphatic carboxylic acids is 1. The van der Waals surface area contributed by atoms with E-state index in [0.717, 1.165) is 24.8 Å². The molecule has 2 fully saturated rings. The highest BCUT2D eigenvalue weighted by Gasteiger charge is 2.51. The molecule has 0 saturated heterocycles. The first-order chi connectivity index (χ1) is 9.12. The lowest BCUT2D eigenvalue weighted by Gasteiger charge is -2.43. The summed E-state index contributed by atoms with van der Waals surface area (Å²) in [6, 6.07) is 9.96. The van der Waals surface area contributed by atoms with E-state index in [-0.39, 0.29) is 17.4 Å². The van der Waals surface area contributed by atoms with E-state index in [1.165, 1.54) is 0 Å². The Kier molecular flexibility index (Phi) is 2.81. The maximum absolute atomic E-state index is 12.1. The second kappa shape index (κ2) is 4.37. The minimum Gasteiger partial charge on any atom is -0.481 e. The number of carbonyl (C=O) groups excluding carboxylic acids is 1. The third-order valence-corrected chi connectivity index (χ3v) is 4.34. The number of nitrogens with one attached hydrogen (secondary N) is 1. The van der Waals surface area contributed by atoms with Gasteiger partial charge in [0.25, 0.3) is 0 Å². The predicted molar refractivity (Wildman–Crippen MR) is 69.3 cm³/mol. The van der Waals surface area contributed by atoms with Gasteiger partial charge in [-0.05, 0) is 31.2 Å². The molecule has 1 aromatic carbocycles. The molecular formula is C15H17NO3. The van der Waals surface area contributed by atoms with E-state index < -0.39 is 11.9 Å². The first kappa shape index (κ1) is 12.2. The summed E-state index contributed by atoms with van der Waals surface area (Å²) in [7, 11) is 0. The largest absolute Gasteiger partial charge is 0.481 e. The monoisotopic (exact) mass is 259 g/mol. The molecule has 100 valence electrons. The molecule has 0 radical (unpaired) electrons. The molecule has 2 saturated carbocycles. The molecule has 0 spiro atoms. The number of hydrogen-bond acceptors (Lipinski definition) is 2. The molecular weight excluding hydrogens is 242 g/mol. The van der Waals surface area contributed by atoms with Crippen molar-refractivity contribution >= 4 is 11.9 Å². The minimum atomic E-state index is -0.859. The van der Waals surface area contributed by atoms with Crippen molar-refractivity contribution in [3.8, 4) is 0 Å². The fourth-order valence-electron chi connectivity index (χ4n) is 2.86. The summed E-state index contributed by atoms with van der Waals surface area (Å²) in [5.74, 6) is -1.77. The van der Waals surface area contributed by atoms with Crippen LogP contribution in [0.15, 0.2) is 30.3 Å². The molecule has 0 aliphatic heterocycles. The van der Waals surface area contributed by atoms with E-state index in [2.05, 4.69) is 5.32 Å². The highest BCUT2D eigenvalue weighted by atomic mass is 16.4. The van der Waals surface area contributed by atoms with Crippen molar-refractivity contribution < 1.29 is 14.7 Å². The van der Waals surface area contributed by atoms with Gasteiger partial charge in [0.2, 0.25) is 5.91 Å². The Morgan fingerprint density at radius 2 is 1.84 bits per heavy atom. The van der Waals surface area contributed by atoms with Crippen LogP contribution in [-0.2, 0) is 15.1 Å². The Hall–Kier alpha value is -1.84. The first-order valence-electron chi connectivity index (χ1n) is 6.73. The van der Waals surface area contributed by atoms with Crippen LogP contribution in [0.25, 0.3) is 0 Å². The molecule has 4 nitrogen and oxygen atoms in total. The van der Waals surface area contributed by atoms with E-state index in [4.69, 9.17) is 5.11 Å². The topological polar surface area (TPSA) is 66.4 Å². The number of carboxylic acids is 1. The van der Waals surface area contributed by atoms with Crippen LogP contribution in [0.5, 0.6) is 0 Å². The van der Waals surface area contributed by atoms with Gasteiger partial charge >= 0.3 is 5.97 Å². The van der Waals surface area contributed by atoms with Crippen LogP contribution in [0.2, 0.25) is 0 Å². The third-order valence-electron chi connectivity index (χ3n) is 4.34. The van der Waals surface area contributed by atoms with Crippen molar-refractivity contribution in [2.75, 3.05) is 0 Å². The maximum Gasteiger partial charge on any atom is 0.307 e. The van der Waals surface area contributed by atoms with Crippen LogP contribution in [0, 0.1) is 11.8 Å². The summed E-state index contributed by atoms with van der Waals surface area (Å²) < 4.78 is 0. The lowest BCUT2D eigenvalue weighted by atomic mass is 9.71. The van der Waals surface area contributed by atoms with Crippen molar-refractivity contribution in [1.82, 2.24) is 5.32 Å². The van der Waals surface area contributed by atoms with Gasteiger partial charge in [-0.3, -0.25) is 9.59 Å². The number of hydrogen-bond donors (Lipinski definition) is 2. The summed E-state index contributed by atoms with van der Waals surface area (Å²) in [6.45, 7) is 0. The second-order valence-electron chi connectivity index (χ2n) is 5.58. The van der Waals surface area contributed by atoms with Gasteiger partial charge in [-0.25, -0.2) is 0 Å². The van der Waals surface area contributed by atoms with Gasteiger partial charge in [0.1, 0.15) is 0 Å². The van der Waals surface area contributed by atoms with E-state index in [1.54, 1.807) is 0 Å². The van der Waals surface area contributed by atoms with E-state index in [1.807, 2.05) is 30.3 Å². The van der Waals surface area contributed by atoms with Crippen LogP contribution < -0.4 is 5.32 Å². The highest BCUT2D eigenvalue weighted by Crippen LogP contribution is 2.44. The smallest absolute Gasteiger partial charge is 0.307 e. The molecule has 19 heavy (non-hydrogen) atoms. The Bertz CT molecular complexity index is 507. The number of carboxylic acid groups (broad SMARTS) is 1. The molecule has 4 heteroatoms. The summed E-state index contributed by atoms with van der Waals surface area (Å²) in [6.07, 6.45) is 3.45. The van der Waals surface area contributed by atoms with Crippen LogP contribution in [0.4, 0.5) is 0 Å². The molecule has 0 aromatic heterocycles. The summed E-state index contributed by atoms with van der Waals surface area (Å²) in [5.41, 5.74) is 0.867. The summed E-state index contributed by atoms with van der Waals surface area (Å²) >= 11 is 0. The molecule has 0 unspecified atom stereocenters. The summed E-state index contributed by atoms with van der Waals surface area (Å²) in [4.78, 5) is 22.9. The lowest BCUT2D eigenvalue weighted by molar-refractivity contribution is -0.140. The molecule has 3 rings (SSSR count). The number of carbonyl (C=O) groups is 2. The van der Waals surface area contributed by atoms with Crippen LogP contribution in [-0.4, -0.2) is 17.0 Å². The predicted octanol–water partition coefficient (Wildman–Crippen LogP) is 1.90. The van der Waals surface area contributed by atoms with Crippen LogP contribution >= 0.6 is 0 Å². The van der Waals surface area contributed by atoms with E-state index in [9.17, 15) is 9.59 Å². The Morgan fingerprint density at radius 1 is 1.16 bits per heavy atom. The van der Waals surface area contributed by atoms with Gasteiger partial charge in [-0.1, -0.05) is 30.3 Å². The molecule has 2 N–H and O–H groups in total. The Labute approximate surface area is 111 Å². The fourth-order valence-corrected chi connectivity index (χ4v) is 2.86. The van der Waals surface area contributed by atoms with Gasteiger partial charge in [0, 0.05) is 0 Å². The van der Waals surface area contributed by atoms with Crippen molar-refractivity contribution in [1.29, 1.82) is 0 Å². The zero-order valence-corrected chi connectivity index (χ0v) is 10.6. The molecule has 0 bridgehead atoms. The normalized spacial score (nSPS) is 27.2. The Balaban J connectivity index is 1.71. The summed E-state index contributed by atoms with van der Waals surface area (Å²) in [5, 5.41) is 12.0. The van der Waals surface area contributed by atoms with Crippen molar-refractivity contribution in [3.05, 3.63) is 35.9 Å².